The SMILES string of the molecule is CCCCCC/C=C/[C@H]1[C@H](O[Si](C)(C)c2ccccc2)CC(=O)C1(C/C=C/CCCC(=O)OC)S(=O)(=O)c1ccccc1. The number of rotatable bonds is 17. The smallest absolute Gasteiger partial charge is 0.305 e. The van der Waals surface area contributed by atoms with Crippen molar-refractivity contribution in [2.24, 2.45) is 5.92 Å². The minimum absolute atomic E-state index is 0.0380. The summed E-state index contributed by atoms with van der Waals surface area (Å²) in [6, 6.07) is 18.3. The van der Waals surface area contributed by atoms with Crippen molar-refractivity contribution in [1.29, 1.82) is 0 Å². The van der Waals surface area contributed by atoms with Gasteiger partial charge in [-0.1, -0.05) is 99.0 Å². The molecule has 0 aliphatic heterocycles. The first-order valence-corrected chi connectivity index (χ1v) is 19.9. The third-order valence-corrected chi connectivity index (χ3v) is 13.5. The number of ketones is 1. The molecule has 3 atom stereocenters. The molecule has 0 saturated heterocycles. The normalized spacial score (nSPS) is 21.2. The molecule has 234 valence electrons. The molecule has 1 unspecified atom stereocenters. The summed E-state index contributed by atoms with van der Waals surface area (Å²) in [5.41, 5.74) is 0. The van der Waals surface area contributed by atoms with Crippen LogP contribution in [-0.4, -0.2) is 46.4 Å². The Balaban J connectivity index is 2.04. The predicted octanol–water partition coefficient (Wildman–Crippen LogP) is 7.10. The number of methoxy groups -OCH3 is 1. The Hall–Kier alpha value is -2.81. The van der Waals surface area contributed by atoms with Gasteiger partial charge in [0, 0.05) is 18.8 Å². The topological polar surface area (TPSA) is 86.7 Å². The van der Waals surface area contributed by atoms with Crippen LogP contribution in [0, 0.1) is 5.92 Å². The summed E-state index contributed by atoms with van der Waals surface area (Å²) in [5.74, 6) is -1.23. The molecule has 1 saturated carbocycles. The zero-order valence-electron chi connectivity index (χ0n) is 26.2. The molecule has 1 aliphatic carbocycles. The van der Waals surface area contributed by atoms with Crippen LogP contribution in [0.5, 0.6) is 0 Å². The van der Waals surface area contributed by atoms with Crippen molar-refractivity contribution in [1.82, 2.24) is 0 Å². The van der Waals surface area contributed by atoms with Crippen LogP contribution in [0.3, 0.4) is 0 Å². The lowest BCUT2D eigenvalue weighted by Crippen LogP contribution is -2.52. The van der Waals surface area contributed by atoms with E-state index >= 15 is 0 Å². The van der Waals surface area contributed by atoms with Crippen LogP contribution in [0.25, 0.3) is 0 Å². The maximum absolute atomic E-state index is 14.6. The summed E-state index contributed by atoms with van der Waals surface area (Å²) in [6.07, 6.45) is 13.9. The standard InChI is InChI=1S/C35H48O6SSi/c1-5-6-7-8-9-18-25-31-32(41-43(3,4)30-23-16-13-17-24-30)28-33(36)35(31,27-20-11-10-19-26-34(37)40-2)42(38,39)29-21-14-12-15-22-29/h11-18,20-25,31-32H,5-10,19,26-28H2,1-4H3/b20-11+,25-18+/t31-,32+,35?/m0/s1. The van der Waals surface area contributed by atoms with Crippen molar-refractivity contribution in [3.05, 3.63) is 85.0 Å². The number of ether oxygens (including phenoxy) is 1. The van der Waals surface area contributed by atoms with Gasteiger partial charge in [0.15, 0.2) is 15.6 Å². The Morgan fingerprint density at radius 3 is 2.23 bits per heavy atom. The van der Waals surface area contributed by atoms with Gasteiger partial charge in [0.2, 0.25) is 8.32 Å². The Morgan fingerprint density at radius 2 is 1.58 bits per heavy atom. The van der Waals surface area contributed by atoms with Crippen LogP contribution in [-0.2, 0) is 28.6 Å². The minimum atomic E-state index is -4.10. The van der Waals surface area contributed by atoms with Crippen LogP contribution in [0.15, 0.2) is 89.9 Å². The van der Waals surface area contributed by atoms with E-state index in [4.69, 9.17) is 9.16 Å². The molecule has 0 bridgehead atoms. The quantitative estimate of drug-likeness (QED) is 0.0808. The second kappa shape index (κ2) is 16.3. The van der Waals surface area contributed by atoms with Gasteiger partial charge in [-0.15, -0.1) is 0 Å². The molecule has 0 amide bonds. The first kappa shape index (κ1) is 34.7. The molecule has 0 aromatic heterocycles. The van der Waals surface area contributed by atoms with E-state index in [1.54, 1.807) is 36.4 Å². The molecule has 0 heterocycles. The molecule has 1 aliphatic rings. The van der Waals surface area contributed by atoms with Gasteiger partial charge in [0.25, 0.3) is 0 Å². The zero-order valence-corrected chi connectivity index (χ0v) is 28.0. The number of sulfone groups is 1. The van der Waals surface area contributed by atoms with Crippen molar-refractivity contribution in [3.8, 4) is 0 Å². The highest BCUT2D eigenvalue weighted by Gasteiger charge is 2.62. The first-order chi connectivity index (χ1) is 20.6. The number of Topliss-reactive ketones (excluding diaryl/α,β-unsaturated/α-hetero) is 1. The average Bonchev–Trinajstić information content (AvgIpc) is 3.27. The molecule has 0 N–H and O–H groups in total. The van der Waals surface area contributed by atoms with E-state index in [1.807, 2.05) is 42.5 Å². The Labute approximate surface area is 259 Å². The second-order valence-electron chi connectivity index (χ2n) is 11.8. The number of hydrogen-bond acceptors (Lipinski definition) is 6. The fraction of sp³-hybridized carbons (Fsp3) is 0.486. The van der Waals surface area contributed by atoms with E-state index in [2.05, 4.69) is 26.1 Å². The van der Waals surface area contributed by atoms with E-state index < -0.39 is 34.9 Å². The molecule has 0 spiro atoms. The largest absolute Gasteiger partial charge is 0.469 e. The van der Waals surface area contributed by atoms with Crippen molar-refractivity contribution in [2.75, 3.05) is 7.11 Å². The molecule has 8 heteroatoms. The molecule has 2 aromatic rings. The highest BCUT2D eigenvalue weighted by molar-refractivity contribution is 7.93. The molecular weight excluding hydrogens is 577 g/mol. The van der Waals surface area contributed by atoms with Gasteiger partial charge < -0.3 is 9.16 Å². The molecular formula is C35H48O6SSi. The van der Waals surface area contributed by atoms with Crippen LogP contribution < -0.4 is 5.19 Å². The summed E-state index contributed by atoms with van der Waals surface area (Å²) in [7, 11) is -5.23. The number of benzene rings is 2. The molecule has 3 rings (SSSR count). The zero-order chi connectivity index (χ0) is 31.3. The lowest BCUT2D eigenvalue weighted by Gasteiger charge is -2.36. The fourth-order valence-corrected chi connectivity index (χ4v) is 10.3. The lowest BCUT2D eigenvalue weighted by molar-refractivity contribution is -0.140. The third kappa shape index (κ3) is 8.64. The maximum Gasteiger partial charge on any atom is 0.305 e. The van der Waals surface area contributed by atoms with Gasteiger partial charge in [-0.25, -0.2) is 8.42 Å². The van der Waals surface area contributed by atoms with E-state index in [-0.39, 0.29) is 35.9 Å². The predicted molar refractivity (Wildman–Crippen MR) is 175 cm³/mol. The van der Waals surface area contributed by atoms with Crippen molar-refractivity contribution in [3.63, 3.8) is 0 Å². The van der Waals surface area contributed by atoms with E-state index in [9.17, 15) is 18.0 Å². The highest BCUT2D eigenvalue weighted by Crippen LogP contribution is 2.48. The van der Waals surface area contributed by atoms with Gasteiger partial charge in [-0.05, 0) is 62.5 Å². The maximum atomic E-state index is 14.6. The van der Waals surface area contributed by atoms with Crippen molar-refractivity contribution >= 4 is 35.1 Å². The van der Waals surface area contributed by atoms with Crippen LogP contribution in [0.1, 0.15) is 71.1 Å². The summed E-state index contributed by atoms with van der Waals surface area (Å²) < 4.78 is 39.1. The number of carbonyl (C=O) groups is 2. The average molecular weight is 625 g/mol. The number of unbranched alkanes of at least 4 members (excludes halogenated alkanes) is 5. The van der Waals surface area contributed by atoms with E-state index in [0.717, 1.165) is 37.3 Å². The van der Waals surface area contributed by atoms with Gasteiger partial charge >= 0.3 is 5.97 Å². The highest BCUT2D eigenvalue weighted by atomic mass is 32.2. The molecule has 6 nitrogen and oxygen atoms in total. The Bertz CT molecular complexity index is 1340. The first-order valence-electron chi connectivity index (χ1n) is 15.5. The van der Waals surface area contributed by atoms with Crippen LogP contribution in [0.2, 0.25) is 13.1 Å². The Morgan fingerprint density at radius 1 is 0.930 bits per heavy atom. The summed E-state index contributed by atoms with van der Waals surface area (Å²) in [6.45, 7) is 6.38. The molecule has 0 radical (unpaired) electrons. The fourth-order valence-electron chi connectivity index (χ4n) is 5.92. The van der Waals surface area contributed by atoms with E-state index in [0.29, 0.717) is 12.8 Å². The number of allylic oxidation sites excluding steroid dienone is 3. The number of carbonyl (C=O) groups excluding carboxylic acids is 2. The van der Waals surface area contributed by atoms with Crippen LogP contribution in [0.4, 0.5) is 0 Å². The monoisotopic (exact) mass is 624 g/mol. The van der Waals surface area contributed by atoms with E-state index in [1.165, 1.54) is 7.11 Å². The number of hydrogen-bond donors (Lipinski definition) is 0. The van der Waals surface area contributed by atoms with Crippen LogP contribution >= 0.6 is 0 Å². The lowest BCUT2D eigenvalue weighted by atomic mass is 9.89. The van der Waals surface area contributed by atoms with Crippen molar-refractivity contribution < 1.29 is 27.2 Å². The van der Waals surface area contributed by atoms with Gasteiger partial charge in [-0.3, -0.25) is 9.59 Å². The third-order valence-electron chi connectivity index (χ3n) is 8.38. The summed E-state index contributed by atoms with van der Waals surface area (Å²) in [5, 5.41) is 1.10. The summed E-state index contributed by atoms with van der Waals surface area (Å²) in [4.78, 5) is 25.9. The molecule has 2 aromatic carbocycles. The van der Waals surface area contributed by atoms with Gasteiger partial charge in [-0.2, -0.15) is 0 Å². The number of esters is 1. The molecule has 1 fully saturated rings. The molecule has 43 heavy (non-hydrogen) atoms. The van der Waals surface area contributed by atoms with Gasteiger partial charge in [0.05, 0.1) is 18.1 Å². The van der Waals surface area contributed by atoms with Gasteiger partial charge in [0.1, 0.15) is 4.75 Å². The summed E-state index contributed by atoms with van der Waals surface area (Å²) >= 11 is 0. The second-order valence-corrected chi connectivity index (χ2v) is 17.9. The minimum Gasteiger partial charge on any atom is -0.469 e. The Kier molecular flexibility index (Phi) is 13.2. The van der Waals surface area contributed by atoms with Crippen molar-refractivity contribution in [2.45, 2.75) is 100.0 Å².